The number of halogens is 1. The molecule has 1 amide bonds. The van der Waals surface area contributed by atoms with Gasteiger partial charge in [-0.25, -0.2) is 4.98 Å². The first kappa shape index (κ1) is 13.7. The largest absolute Gasteiger partial charge is 0.397 e. The van der Waals surface area contributed by atoms with Crippen molar-refractivity contribution in [2.75, 3.05) is 12.3 Å². The summed E-state index contributed by atoms with van der Waals surface area (Å²) in [6.45, 7) is 1.97. The van der Waals surface area contributed by atoms with E-state index < -0.39 is 0 Å². The first-order chi connectivity index (χ1) is 8.08. The Kier molecular flexibility index (Phi) is 5.18. The highest BCUT2D eigenvalue weighted by atomic mass is 35.5. The van der Waals surface area contributed by atoms with E-state index in [1.165, 1.54) is 12.3 Å². The van der Waals surface area contributed by atoms with E-state index in [-0.39, 0.29) is 29.4 Å². The van der Waals surface area contributed by atoms with Gasteiger partial charge in [0.25, 0.3) is 5.91 Å². The van der Waals surface area contributed by atoms with E-state index in [0.717, 1.165) is 6.42 Å². The van der Waals surface area contributed by atoms with Crippen LogP contribution >= 0.6 is 11.6 Å². The normalized spacial score (nSPS) is 12.2. The summed E-state index contributed by atoms with van der Waals surface area (Å²) >= 11 is 5.71. The van der Waals surface area contributed by atoms with Crippen molar-refractivity contribution in [2.24, 2.45) is 0 Å². The number of pyridine rings is 1. The lowest BCUT2D eigenvalue weighted by Gasteiger charge is -2.16. The molecule has 0 radical (unpaired) electrons. The van der Waals surface area contributed by atoms with Crippen molar-refractivity contribution in [3.05, 3.63) is 23.0 Å². The number of nitrogens with one attached hydrogen (secondary N) is 1. The Hall–Kier alpha value is -1.33. The summed E-state index contributed by atoms with van der Waals surface area (Å²) in [7, 11) is 0. The number of aromatic nitrogens is 1. The Balaban J connectivity index is 2.78. The molecule has 0 fully saturated rings. The number of nitrogens with two attached hydrogens (primary N) is 1. The second kappa shape index (κ2) is 6.42. The third-order valence-corrected chi connectivity index (χ3v) is 2.66. The molecule has 1 atom stereocenters. The minimum atomic E-state index is -0.299. The fourth-order valence-electron chi connectivity index (χ4n) is 1.43. The van der Waals surface area contributed by atoms with Crippen LogP contribution in [0.5, 0.6) is 0 Å². The number of hydrogen-bond acceptors (Lipinski definition) is 4. The number of amides is 1. The summed E-state index contributed by atoms with van der Waals surface area (Å²) in [5.41, 5.74) is 6.24. The summed E-state index contributed by atoms with van der Waals surface area (Å²) in [6.07, 6.45) is 2.61. The molecule has 1 heterocycles. The maximum absolute atomic E-state index is 11.9. The molecule has 94 valence electrons. The minimum absolute atomic E-state index is 0.0331. The van der Waals surface area contributed by atoms with Gasteiger partial charge in [-0.15, -0.1) is 0 Å². The van der Waals surface area contributed by atoms with Crippen LogP contribution in [0.4, 0.5) is 5.69 Å². The monoisotopic (exact) mass is 257 g/mol. The number of hydrogen-bond donors (Lipinski definition) is 3. The summed E-state index contributed by atoms with van der Waals surface area (Å²) in [5, 5.41) is 11.9. The summed E-state index contributed by atoms with van der Waals surface area (Å²) < 4.78 is 0. The molecule has 6 heteroatoms. The molecule has 0 aliphatic carbocycles. The first-order valence-corrected chi connectivity index (χ1v) is 5.79. The van der Waals surface area contributed by atoms with E-state index >= 15 is 0 Å². The molecule has 0 aliphatic heterocycles. The van der Waals surface area contributed by atoms with Gasteiger partial charge in [0.05, 0.1) is 17.4 Å². The van der Waals surface area contributed by atoms with Crippen LogP contribution in [0.15, 0.2) is 12.3 Å². The molecule has 17 heavy (non-hydrogen) atoms. The standard InChI is InChI=1S/C11H16ClN3O2/c1-2-7(3-4-16)15-11(17)8-5-10(12)14-6-9(8)13/h5-7,16H,2-4,13H2,1H3,(H,15,17). The SMILES string of the molecule is CCC(CCO)NC(=O)c1cc(Cl)ncc1N. The average Bonchev–Trinajstić information content (AvgIpc) is 2.31. The van der Waals surface area contributed by atoms with Crippen LogP contribution in [-0.4, -0.2) is 28.6 Å². The van der Waals surface area contributed by atoms with Crippen molar-refractivity contribution in [3.63, 3.8) is 0 Å². The summed E-state index contributed by atoms with van der Waals surface area (Å²) in [4.78, 5) is 15.7. The Labute approximate surface area is 105 Å². The molecule has 1 unspecified atom stereocenters. The molecule has 0 aliphatic rings. The van der Waals surface area contributed by atoms with E-state index in [2.05, 4.69) is 10.3 Å². The Morgan fingerprint density at radius 2 is 2.41 bits per heavy atom. The number of aliphatic hydroxyl groups excluding tert-OH is 1. The van der Waals surface area contributed by atoms with Gasteiger partial charge in [-0.3, -0.25) is 4.79 Å². The van der Waals surface area contributed by atoms with E-state index in [1.807, 2.05) is 6.92 Å². The highest BCUT2D eigenvalue weighted by molar-refractivity contribution is 6.29. The molecular formula is C11H16ClN3O2. The van der Waals surface area contributed by atoms with Crippen LogP contribution in [0, 0.1) is 0 Å². The number of carbonyl (C=O) groups excluding carboxylic acids is 1. The van der Waals surface area contributed by atoms with Gasteiger partial charge >= 0.3 is 0 Å². The molecule has 0 bridgehead atoms. The lowest BCUT2D eigenvalue weighted by atomic mass is 10.1. The third-order valence-electron chi connectivity index (χ3n) is 2.45. The van der Waals surface area contributed by atoms with Gasteiger partial charge in [-0.2, -0.15) is 0 Å². The van der Waals surface area contributed by atoms with Crippen LogP contribution < -0.4 is 11.1 Å². The predicted octanol–water partition coefficient (Wildman–Crippen LogP) is 1.21. The molecule has 0 spiro atoms. The zero-order chi connectivity index (χ0) is 12.8. The molecule has 0 saturated carbocycles. The second-order valence-corrected chi connectivity index (χ2v) is 4.07. The quantitative estimate of drug-likeness (QED) is 0.692. The van der Waals surface area contributed by atoms with Crippen molar-refractivity contribution in [2.45, 2.75) is 25.8 Å². The second-order valence-electron chi connectivity index (χ2n) is 3.69. The maximum atomic E-state index is 11.9. The lowest BCUT2D eigenvalue weighted by molar-refractivity contribution is 0.0930. The number of carbonyl (C=O) groups is 1. The van der Waals surface area contributed by atoms with Gasteiger partial charge in [0, 0.05) is 12.6 Å². The van der Waals surface area contributed by atoms with E-state index in [0.29, 0.717) is 12.0 Å². The summed E-state index contributed by atoms with van der Waals surface area (Å²) in [5.74, 6) is -0.299. The van der Waals surface area contributed by atoms with E-state index in [4.69, 9.17) is 22.4 Å². The average molecular weight is 258 g/mol. The molecule has 0 aromatic carbocycles. The third kappa shape index (κ3) is 3.87. The zero-order valence-corrected chi connectivity index (χ0v) is 10.4. The Morgan fingerprint density at radius 3 is 3.00 bits per heavy atom. The first-order valence-electron chi connectivity index (χ1n) is 5.41. The van der Waals surface area contributed by atoms with Gasteiger partial charge in [0.15, 0.2) is 0 Å². The van der Waals surface area contributed by atoms with Crippen LogP contribution in [0.1, 0.15) is 30.1 Å². The molecule has 5 nitrogen and oxygen atoms in total. The topological polar surface area (TPSA) is 88.2 Å². The highest BCUT2D eigenvalue weighted by Crippen LogP contribution is 2.15. The van der Waals surface area contributed by atoms with Crippen LogP contribution in [0.3, 0.4) is 0 Å². The lowest BCUT2D eigenvalue weighted by Crippen LogP contribution is -2.35. The Morgan fingerprint density at radius 1 is 1.71 bits per heavy atom. The molecular weight excluding hydrogens is 242 g/mol. The van der Waals surface area contributed by atoms with Gasteiger partial charge in [0.1, 0.15) is 5.15 Å². The number of aliphatic hydroxyl groups is 1. The van der Waals surface area contributed by atoms with Gasteiger partial charge in [-0.1, -0.05) is 18.5 Å². The fourth-order valence-corrected chi connectivity index (χ4v) is 1.59. The van der Waals surface area contributed by atoms with Crippen molar-refractivity contribution in [1.82, 2.24) is 10.3 Å². The van der Waals surface area contributed by atoms with Crippen LogP contribution in [0.25, 0.3) is 0 Å². The van der Waals surface area contributed by atoms with Crippen molar-refractivity contribution in [3.8, 4) is 0 Å². The van der Waals surface area contributed by atoms with Gasteiger partial charge < -0.3 is 16.2 Å². The molecule has 1 aromatic heterocycles. The molecule has 1 aromatic rings. The van der Waals surface area contributed by atoms with E-state index in [1.54, 1.807) is 0 Å². The van der Waals surface area contributed by atoms with Crippen LogP contribution in [-0.2, 0) is 0 Å². The van der Waals surface area contributed by atoms with E-state index in [9.17, 15) is 4.79 Å². The predicted molar refractivity (Wildman–Crippen MR) is 66.9 cm³/mol. The van der Waals surface area contributed by atoms with Crippen molar-refractivity contribution >= 4 is 23.2 Å². The molecule has 1 rings (SSSR count). The highest BCUT2D eigenvalue weighted by Gasteiger charge is 2.14. The summed E-state index contributed by atoms with van der Waals surface area (Å²) in [6, 6.07) is 1.36. The molecule has 0 saturated heterocycles. The zero-order valence-electron chi connectivity index (χ0n) is 9.61. The smallest absolute Gasteiger partial charge is 0.253 e. The van der Waals surface area contributed by atoms with Gasteiger partial charge in [-0.05, 0) is 18.9 Å². The maximum Gasteiger partial charge on any atom is 0.253 e. The fraction of sp³-hybridized carbons (Fsp3) is 0.455. The van der Waals surface area contributed by atoms with Crippen molar-refractivity contribution in [1.29, 1.82) is 0 Å². The number of nitrogens with zero attached hydrogens (tertiary/aromatic N) is 1. The minimum Gasteiger partial charge on any atom is -0.397 e. The van der Waals surface area contributed by atoms with Crippen molar-refractivity contribution < 1.29 is 9.90 Å². The van der Waals surface area contributed by atoms with Gasteiger partial charge in [0.2, 0.25) is 0 Å². The Bertz CT molecular complexity index is 398. The number of rotatable bonds is 5. The number of nitrogen functional groups attached to an aromatic ring is 1. The molecule has 4 N–H and O–H groups in total. The van der Waals surface area contributed by atoms with Crippen LogP contribution in [0.2, 0.25) is 5.15 Å². The number of anilines is 1.